The molecule has 2 aromatic carbocycles. The Labute approximate surface area is 149 Å². The van der Waals surface area contributed by atoms with Gasteiger partial charge in [0.15, 0.2) is 11.6 Å². The summed E-state index contributed by atoms with van der Waals surface area (Å²) in [6.45, 7) is 3.76. The van der Waals surface area contributed by atoms with Gasteiger partial charge < -0.3 is 9.47 Å². The number of hydrogen-bond acceptors (Lipinski definition) is 6. The lowest BCUT2D eigenvalue weighted by Crippen LogP contribution is -2.22. The Morgan fingerprint density at radius 2 is 1.08 bits per heavy atom. The number of esters is 2. The van der Waals surface area contributed by atoms with Gasteiger partial charge in [0, 0.05) is 22.3 Å². The van der Waals surface area contributed by atoms with E-state index in [0.717, 1.165) is 0 Å². The summed E-state index contributed by atoms with van der Waals surface area (Å²) in [7, 11) is 0. The molecule has 0 aliphatic heterocycles. The second kappa shape index (κ2) is 6.92. The summed E-state index contributed by atoms with van der Waals surface area (Å²) in [4.78, 5) is 49.3. The Morgan fingerprint density at radius 3 is 1.46 bits per heavy atom. The number of carbonyl (C=O) groups excluding carboxylic acids is 4. The molecular formula is C20H16O6. The normalized spacial score (nSPS) is 12.2. The molecule has 1 aliphatic rings. The van der Waals surface area contributed by atoms with E-state index >= 15 is 0 Å². The zero-order chi connectivity index (χ0) is 18.8. The van der Waals surface area contributed by atoms with Gasteiger partial charge in [-0.2, -0.15) is 0 Å². The van der Waals surface area contributed by atoms with Crippen molar-refractivity contribution in [3.8, 4) is 0 Å². The largest absolute Gasteiger partial charge is 0.462 e. The summed E-state index contributed by atoms with van der Waals surface area (Å²) in [5.74, 6) is -1.89. The molecule has 6 heteroatoms. The Balaban J connectivity index is 2.07. The first kappa shape index (κ1) is 17.5. The van der Waals surface area contributed by atoms with Gasteiger partial charge in [0.1, 0.15) is 0 Å². The molecule has 0 saturated heterocycles. The number of benzene rings is 2. The fourth-order valence-corrected chi connectivity index (χ4v) is 2.83. The van der Waals surface area contributed by atoms with Crippen molar-refractivity contribution in [1.82, 2.24) is 0 Å². The number of ether oxygens (including phenoxy) is 2. The highest BCUT2D eigenvalue weighted by Gasteiger charge is 2.31. The Hall–Kier alpha value is -3.28. The third-order valence-electron chi connectivity index (χ3n) is 4.04. The maximum atomic E-state index is 12.9. The second-order valence-corrected chi connectivity index (χ2v) is 5.62. The van der Waals surface area contributed by atoms with E-state index in [2.05, 4.69) is 0 Å². The lowest BCUT2D eigenvalue weighted by Gasteiger charge is -2.18. The van der Waals surface area contributed by atoms with Crippen LogP contribution < -0.4 is 0 Å². The zero-order valence-electron chi connectivity index (χ0n) is 14.3. The Kier molecular flexibility index (Phi) is 4.67. The lowest BCUT2D eigenvalue weighted by molar-refractivity contribution is 0.0517. The monoisotopic (exact) mass is 352 g/mol. The van der Waals surface area contributed by atoms with E-state index in [1.165, 1.54) is 36.4 Å². The molecule has 0 heterocycles. The smallest absolute Gasteiger partial charge is 0.338 e. The van der Waals surface area contributed by atoms with E-state index in [9.17, 15) is 19.2 Å². The molecule has 0 amide bonds. The minimum atomic E-state index is -0.568. The fourth-order valence-electron chi connectivity index (χ4n) is 2.83. The Morgan fingerprint density at radius 1 is 0.692 bits per heavy atom. The van der Waals surface area contributed by atoms with Crippen LogP contribution >= 0.6 is 0 Å². The van der Waals surface area contributed by atoms with E-state index < -0.39 is 17.7 Å². The van der Waals surface area contributed by atoms with Gasteiger partial charge in [0.05, 0.1) is 24.3 Å². The van der Waals surface area contributed by atoms with E-state index in [1.54, 1.807) is 13.8 Å². The first-order valence-electron chi connectivity index (χ1n) is 8.19. The Bertz CT molecular complexity index is 868. The highest BCUT2D eigenvalue weighted by molar-refractivity contribution is 6.29. The number of ketones is 2. The molecule has 1 aliphatic carbocycles. The van der Waals surface area contributed by atoms with Gasteiger partial charge in [0.25, 0.3) is 0 Å². The van der Waals surface area contributed by atoms with Crippen molar-refractivity contribution in [3.05, 3.63) is 69.8 Å². The molecule has 0 atom stereocenters. The predicted octanol–water partition coefficient (Wildman–Crippen LogP) is 2.82. The minimum Gasteiger partial charge on any atom is -0.462 e. The van der Waals surface area contributed by atoms with Gasteiger partial charge in [-0.3, -0.25) is 9.59 Å². The van der Waals surface area contributed by atoms with Crippen molar-refractivity contribution in [2.75, 3.05) is 13.2 Å². The molecule has 2 aromatic rings. The van der Waals surface area contributed by atoms with E-state index in [4.69, 9.17) is 9.47 Å². The average Bonchev–Trinajstić information content (AvgIpc) is 2.65. The zero-order valence-corrected chi connectivity index (χ0v) is 14.3. The molecule has 3 rings (SSSR count). The van der Waals surface area contributed by atoms with Crippen LogP contribution in [0, 0.1) is 0 Å². The van der Waals surface area contributed by atoms with Crippen molar-refractivity contribution in [3.63, 3.8) is 0 Å². The van der Waals surface area contributed by atoms with Gasteiger partial charge >= 0.3 is 11.9 Å². The summed E-state index contributed by atoms with van der Waals surface area (Å²) in [6, 6.07) is 8.52. The van der Waals surface area contributed by atoms with Crippen LogP contribution in [0.5, 0.6) is 0 Å². The lowest BCUT2D eigenvalue weighted by atomic mass is 9.82. The molecule has 0 saturated carbocycles. The molecule has 0 spiro atoms. The molecule has 0 N–H and O–H groups in total. The number of rotatable bonds is 4. The fraction of sp³-hybridized carbons (Fsp3) is 0.200. The van der Waals surface area contributed by atoms with Gasteiger partial charge in [-0.25, -0.2) is 9.59 Å². The maximum absolute atomic E-state index is 12.9. The molecular weight excluding hydrogens is 336 g/mol. The highest BCUT2D eigenvalue weighted by atomic mass is 16.5. The van der Waals surface area contributed by atoms with Gasteiger partial charge in [-0.05, 0) is 50.2 Å². The first-order valence-corrected chi connectivity index (χ1v) is 8.19. The summed E-state index contributed by atoms with van der Waals surface area (Å²) < 4.78 is 9.86. The maximum Gasteiger partial charge on any atom is 0.338 e. The van der Waals surface area contributed by atoms with Crippen molar-refractivity contribution in [2.24, 2.45) is 0 Å². The van der Waals surface area contributed by atoms with Gasteiger partial charge in [-0.15, -0.1) is 0 Å². The van der Waals surface area contributed by atoms with E-state index in [0.29, 0.717) is 0 Å². The van der Waals surface area contributed by atoms with Crippen molar-refractivity contribution in [1.29, 1.82) is 0 Å². The van der Waals surface area contributed by atoms with Crippen LogP contribution in [-0.4, -0.2) is 36.7 Å². The molecule has 132 valence electrons. The quantitative estimate of drug-likeness (QED) is 0.671. The predicted molar refractivity (Wildman–Crippen MR) is 91.7 cm³/mol. The molecule has 0 fully saturated rings. The SMILES string of the molecule is CCOC(=O)c1ccc2c(c1)C(=O)c1cc(C(=O)OCC)ccc1C2=O. The number of fused-ring (bicyclic) bond motifs is 2. The van der Waals surface area contributed by atoms with E-state index in [-0.39, 0.29) is 52.4 Å². The van der Waals surface area contributed by atoms with Crippen molar-refractivity contribution in [2.45, 2.75) is 13.8 Å². The number of carbonyl (C=O) groups is 4. The third kappa shape index (κ3) is 2.90. The molecule has 0 aromatic heterocycles. The summed E-state index contributed by atoms with van der Waals surface area (Å²) in [5, 5.41) is 0. The summed E-state index contributed by atoms with van der Waals surface area (Å²) >= 11 is 0. The average molecular weight is 352 g/mol. The topological polar surface area (TPSA) is 86.7 Å². The van der Waals surface area contributed by atoms with Crippen LogP contribution in [0.15, 0.2) is 36.4 Å². The van der Waals surface area contributed by atoms with Crippen LogP contribution in [0.1, 0.15) is 66.4 Å². The standard InChI is InChI=1S/C20H16O6/c1-3-25-19(23)11-5-7-13-15(9-11)18(22)16-10-12(20(24)26-4-2)6-8-14(16)17(13)21/h5-10H,3-4H2,1-2H3. The van der Waals surface area contributed by atoms with Crippen LogP contribution in [0.25, 0.3) is 0 Å². The van der Waals surface area contributed by atoms with Crippen LogP contribution in [0.3, 0.4) is 0 Å². The van der Waals surface area contributed by atoms with Crippen LogP contribution in [0.4, 0.5) is 0 Å². The van der Waals surface area contributed by atoms with Crippen LogP contribution in [-0.2, 0) is 9.47 Å². The van der Waals surface area contributed by atoms with Crippen LogP contribution in [0.2, 0.25) is 0 Å². The molecule has 26 heavy (non-hydrogen) atoms. The van der Waals surface area contributed by atoms with Crippen molar-refractivity contribution < 1.29 is 28.7 Å². The van der Waals surface area contributed by atoms with Gasteiger partial charge in [0.2, 0.25) is 0 Å². The molecule has 0 unspecified atom stereocenters. The first-order chi connectivity index (χ1) is 12.5. The third-order valence-corrected chi connectivity index (χ3v) is 4.04. The van der Waals surface area contributed by atoms with Gasteiger partial charge in [-0.1, -0.05) is 0 Å². The summed E-state index contributed by atoms with van der Waals surface area (Å²) in [5.41, 5.74) is 1.07. The number of hydrogen-bond donors (Lipinski definition) is 0. The summed E-state index contributed by atoms with van der Waals surface area (Å²) in [6.07, 6.45) is 0. The highest BCUT2D eigenvalue weighted by Crippen LogP contribution is 2.29. The van der Waals surface area contributed by atoms with E-state index in [1.807, 2.05) is 0 Å². The molecule has 0 radical (unpaired) electrons. The molecule has 0 bridgehead atoms. The van der Waals surface area contributed by atoms with Crippen molar-refractivity contribution >= 4 is 23.5 Å². The second-order valence-electron chi connectivity index (χ2n) is 5.62. The molecule has 6 nitrogen and oxygen atoms in total. The minimum absolute atomic E-state index is 0.120.